The smallest absolute Gasteiger partial charge is 0.262 e. The number of rotatable bonds is 4. The molecule has 2 aromatic rings. The van der Waals surface area contributed by atoms with Gasteiger partial charge in [0.15, 0.2) is 18.1 Å². The van der Waals surface area contributed by atoms with Crippen LogP contribution in [0.1, 0.15) is 19.4 Å². The van der Waals surface area contributed by atoms with Gasteiger partial charge in [-0.1, -0.05) is 46.9 Å². The third-order valence-electron chi connectivity index (χ3n) is 3.69. The zero-order valence-corrected chi connectivity index (χ0v) is 15.9. The number of benzene rings is 2. The van der Waals surface area contributed by atoms with E-state index in [4.69, 9.17) is 44.3 Å². The standard InChI is InChI=1S/C18H16Cl3NO3/c1-18(2)8-10-4-3-5-14(17(10)25-18)24-9-15(23)22-16-12(20)6-11(19)7-13(16)21/h3-7H,8-9H2,1-2H3,(H,22,23). The van der Waals surface area contributed by atoms with Crippen molar-refractivity contribution in [1.82, 2.24) is 0 Å². The van der Waals surface area contributed by atoms with Crippen LogP contribution in [0.2, 0.25) is 15.1 Å². The second-order valence-corrected chi connectivity index (χ2v) is 7.62. The summed E-state index contributed by atoms with van der Waals surface area (Å²) < 4.78 is 11.5. The quantitative estimate of drug-likeness (QED) is 0.749. The van der Waals surface area contributed by atoms with E-state index >= 15 is 0 Å². The molecule has 0 spiro atoms. The number of halogens is 3. The predicted octanol–water partition coefficient (Wildman–Crippen LogP) is 5.38. The molecular formula is C18H16Cl3NO3. The molecule has 0 unspecified atom stereocenters. The summed E-state index contributed by atoms with van der Waals surface area (Å²) in [5.74, 6) is 0.829. The minimum absolute atomic E-state index is 0.199. The first-order chi connectivity index (χ1) is 11.7. The Kier molecular flexibility index (Phi) is 5.05. The summed E-state index contributed by atoms with van der Waals surface area (Å²) in [7, 11) is 0. The predicted molar refractivity (Wildman–Crippen MR) is 100 cm³/mol. The van der Waals surface area contributed by atoms with Gasteiger partial charge in [-0.15, -0.1) is 0 Å². The Hall–Kier alpha value is -1.62. The molecule has 132 valence electrons. The maximum atomic E-state index is 12.2. The van der Waals surface area contributed by atoms with E-state index in [2.05, 4.69) is 5.32 Å². The molecule has 2 aromatic carbocycles. The van der Waals surface area contributed by atoms with E-state index in [9.17, 15) is 4.79 Å². The number of ether oxygens (including phenoxy) is 2. The highest BCUT2D eigenvalue weighted by Gasteiger charge is 2.32. The SMILES string of the molecule is CC1(C)Cc2cccc(OCC(=O)Nc3c(Cl)cc(Cl)cc3Cl)c2O1. The summed E-state index contributed by atoms with van der Waals surface area (Å²) in [6.45, 7) is 3.82. The van der Waals surface area contributed by atoms with Gasteiger partial charge in [0.05, 0.1) is 15.7 Å². The second kappa shape index (κ2) is 6.94. The number of carbonyl (C=O) groups is 1. The van der Waals surface area contributed by atoms with Crippen LogP contribution in [0.4, 0.5) is 5.69 Å². The fourth-order valence-corrected chi connectivity index (χ4v) is 3.59. The van der Waals surface area contributed by atoms with Gasteiger partial charge in [-0.05, 0) is 32.0 Å². The van der Waals surface area contributed by atoms with Crippen LogP contribution < -0.4 is 14.8 Å². The summed E-state index contributed by atoms with van der Waals surface area (Å²) >= 11 is 18.0. The van der Waals surface area contributed by atoms with E-state index in [1.807, 2.05) is 26.0 Å². The molecule has 0 bridgehead atoms. The first-order valence-corrected chi connectivity index (χ1v) is 8.77. The molecule has 0 atom stereocenters. The summed E-state index contributed by atoms with van der Waals surface area (Å²) in [6.07, 6.45) is 0.793. The van der Waals surface area contributed by atoms with E-state index in [-0.39, 0.29) is 28.2 Å². The number of fused-ring (bicyclic) bond motifs is 1. The second-order valence-electron chi connectivity index (χ2n) is 6.36. The van der Waals surface area contributed by atoms with Gasteiger partial charge < -0.3 is 14.8 Å². The van der Waals surface area contributed by atoms with Crippen LogP contribution >= 0.6 is 34.8 Å². The van der Waals surface area contributed by atoms with Gasteiger partial charge in [0, 0.05) is 17.0 Å². The molecule has 0 aliphatic carbocycles. The number of anilines is 1. The van der Waals surface area contributed by atoms with Gasteiger partial charge in [-0.3, -0.25) is 4.79 Å². The molecule has 1 amide bonds. The monoisotopic (exact) mass is 399 g/mol. The van der Waals surface area contributed by atoms with Crippen LogP contribution in [0, 0.1) is 0 Å². The first kappa shape index (κ1) is 18.2. The molecule has 7 heteroatoms. The van der Waals surface area contributed by atoms with Gasteiger partial charge in [0.2, 0.25) is 0 Å². The maximum absolute atomic E-state index is 12.2. The molecule has 0 radical (unpaired) electrons. The average Bonchev–Trinajstić information content (AvgIpc) is 2.83. The minimum Gasteiger partial charge on any atom is -0.483 e. The highest BCUT2D eigenvalue weighted by Crippen LogP contribution is 2.41. The molecule has 1 N–H and O–H groups in total. The normalized spacial score (nSPS) is 14.6. The van der Waals surface area contributed by atoms with Crippen molar-refractivity contribution in [2.24, 2.45) is 0 Å². The molecule has 4 nitrogen and oxygen atoms in total. The van der Waals surface area contributed by atoms with Gasteiger partial charge in [-0.25, -0.2) is 0 Å². The molecule has 0 aromatic heterocycles. The van der Waals surface area contributed by atoms with Crippen LogP contribution in [0.25, 0.3) is 0 Å². The lowest BCUT2D eigenvalue weighted by atomic mass is 10.0. The van der Waals surface area contributed by atoms with Crippen LogP contribution in [0.5, 0.6) is 11.5 Å². The Bertz CT molecular complexity index is 813. The van der Waals surface area contributed by atoms with E-state index in [1.54, 1.807) is 6.07 Å². The van der Waals surface area contributed by atoms with Crippen LogP contribution in [0.15, 0.2) is 30.3 Å². The molecule has 25 heavy (non-hydrogen) atoms. The van der Waals surface area contributed by atoms with E-state index in [1.165, 1.54) is 12.1 Å². The van der Waals surface area contributed by atoms with Crippen molar-refractivity contribution in [1.29, 1.82) is 0 Å². The van der Waals surface area contributed by atoms with Crippen molar-refractivity contribution in [2.45, 2.75) is 25.9 Å². The number of hydrogen-bond donors (Lipinski definition) is 1. The Labute approximate surface area is 161 Å². The summed E-state index contributed by atoms with van der Waals surface area (Å²) in [5.41, 5.74) is 1.08. The fourth-order valence-electron chi connectivity index (χ4n) is 2.68. The maximum Gasteiger partial charge on any atom is 0.262 e. The third-order valence-corrected chi connectivity index (χ3v) is 4.50. The van der Waals surface area contributed by atoms with Crippen molar-refractivity contribution < 1.29 is 14.3 Å². The number of hydrogen-bond acceptors (Lipinski definition) is 3. The van der Waals surface area contributed by atoms with Gasteiger partial charge >= 0.3 is 0 Å². The van der Waals surface area contributed by atoms with E-state index < -0.39 is 0 Å². The Balaban J connectivity index is 1.68. The van der Waals surface area contributed by atoms with Gasteiger partial charge in [0.1, 0.15) is 5.60 Å². The first-order valence-electron chi connectivity index (χ1n) is 7.63. The molecule has 1 aliphatic rings. The van der Waals surface area contributed by atoms with Crippen molar-refractivity contribution in [2.75, 3.05) is 11.9 Å². The average molecular weight is 401 g/mol. The van der Waals surface area contributed by atoms with Crippen LogP contribution in [0.3, 0.4) is 0 Å². The Morgan fingerprint density at radius 3 is 2.60 bits per heavy atom. The zero-order chi connectivity index (χ0) is 18.2. The van der Waals surface area contributed by atoms with Crippen molar-refractivity contribution >= 4 is 46.4 Å². The zero-order valence-electron chi connectivity index (χ0n) is 13.7. The van der Waals surface area contributed by atoms with Gasteiger partial charge in [0.25, 0.3) is 5.91 Å². The molecule has 3 rings (SSSR count). The fraction of sp³-hybridized carbons (Fsp3) is 0.278. The highest BCUT2D eigenvalue weighted by molar-refractivity contribution is 6.42. The van der Waals surface area contributed by atoms with Crippen molar-refractivity contribution in [3.8, 4) is 11.5 Å². The Morgan fingerprint density at radius 2 is 1.92 bits per heavy atom. The lowest BCUT2D eigenvalue weighted by molar-refractivity contribution is -0.118. The third kappa shape index (κ3) is 4.14. The van der Waals surface area contributed by atoms with E-state index in [0.29, 0.717) is 22.2 Å². The van der Waals surface area contributed by atoms with Crippen molar-refractivity contribution in [3.05, 3.63) is 51.0 Å². The molecule has 0 fully saturated rings. The lowest BCUT2D eigenvalue weighted by Gasteiger charge is -2.18. The minimum atomic E-state index is -0.388. The molecule has 1 aliphatic heterocycles. The largest absolute Gasteiger partial charge is 0.483 e. The number of nitrogens with one attached hydrogen (secondary N) is 1. The van der Waals surface area contributed by atoms with E-state index in [0.717, 1.165) is 12.0 Å². The summed E-state index contributed by atoms with van der Waals surface area (Å²) in [6, 6.07) is 8.65. The lowest BCUT2D eigenvalue weighted by Crippen LogP contribution is -2.25. The molecule has 1 heterocycles. The topological polar surface area (TPSA) is 47.6 Å². The Morgan fingerprint density at radius 1 is 1.24 bits per heavy atom. The molecular weight excluding hydrogens is 385 g/mol. The summed E-state index contributed by atoms with van der Waals surface area (Å²) in [4.78, 5) is 12.2. The summed E-state index contributed by atoms with van der Waals surface area (Å²) in [5, 5.41) is 3.55. The number of amides is 1. The van der Waals surface area contributed by atoms with Gasteiger partial charge in [-0.2, -0.15) is 0 Å². The molecule has 0 saturated heterocycles. The molecule has 0 saturated carbocycles. The van der Waals surface area contributed by atoms with Crippen LogP contribution in [-0.4, -0.2) is 18.1 Å². The number of carbonyl (C=O) groups excluding carboxylic acids is 1. The van der Waals surface area contributed by atoms with Crippen LogP contribution in [-0.2, 0) is 11.2 Å². The number of para-hydroxylation sites is 1. The highest BCUT2D eigenvalue weighted by atomic mass is 35.5. The van der Waals surface area contributed by atoms with Crippen molar-refractivity contribution in [3.63, 3.8) is 0 Å².